The third-order valence-electron chi connectivity index (χ3n) is 7.27. The first-order valence-electron chi connectivity index (χ1n) is 12.6. The van der Waals surface area contributed by atoms with Crippen molar-refractivity contribution in [3.8, 4) is 11.5 Å². The Morgan fingerprint density at radius 2 is 1.79 bits per heavy atom. The van der Waals surface area contributed by atoms with Gasteiger partial charge in [-0.25, -0.2) is 4.98 Å². The quantitative estimate of drug-likeness (QED) is 0.680. The van der Waals surface area contributed by atoms with E-state index in [0.29, 0.717) is 5.89 Å². The molecule has 1 amide bonds. The lowest BCUT2D eigenvalue weighted by atomic mass is 9.92. The van der Waals surface area contributed by atoms with E-state index in [-0.39, 0.29) is 11.8 Å². The van der Waals surface area contributed by atoms with Crippen LogP contribution in [0.3, 0.4) is 0 Å². The standard InChI is InChI=1S/C27H40N4O2/c1-19-15-20(2)17-31(16-19)14-11-28-26(32)23-9-12-30(13-10-23)18-25-22(4)33-27(29-25)24-8-6-5-7-21(24)3/h5-8,19-20,23H,9-18H2,1-4H3,(H,28,32)/t19-,20+. The van der Waals surface area contributed by atoms with Gasteiger partial charge in [0.25, 0.3) is 0 Å². The molecule has 0 saturated carbocycles. The monoisotopic (exact) mass is 452 g/mol. The molecule has 0 spiro atoms. The fourth-order valence-electron chi connectivity index (χ4n) is 5.52. The third-order valence-corrected chi connectivity index (χ3v) is 7.27. The highest BCUT2D eigenvalue weighted by molar-refractivity contribution is 5.78. The van der Waals surface area contributed by atoms with Crippen molar-refractivity contribution >= 4 is 5.91 Å². The van der Waals surface area contributed by atoms with Crippen LogP contribution in [0.25, 0.3) is 11.5 Å². The Bertz CT molecular complexity index is 922. The Balaban J connectivity index is 1.21. The first kappa shape index (κ1) is 24.0. The van der Waals surface area contributed by atoms with Crippen LogP contribution >= 0.6 is 0 Å². The average molecular weight is 453 g/mol. The molecule has 33 heavy (non-hydrogen) atoms. The summed E-state index contributed by atoms with van der Waals surface area (Å²) in [6, 6.07) is 8.19. The molecule has 2 saturated heterocycles. The largest absolute Gasteiger partial charge is 0.441 e. The number of nitrogens with zero attached hydrogens (tertiary/aromatic N) is 3. The number of benzene rings is 1. The molecule has 0 unspecified atom stereocenters. The smallest absolute Gasteiger partial charge is 0.226 e. The van der Waals surface area contributed by atoms with E-state index >= 15 is 0 Å². The Kier molecular flexibility index (Phi) is 7.86. The molecule has 1 aromatic heterocycles. The zero-order valence-corrected chi connectivity index (χ0v) is 20.8. The Morgan fingerprint density at radius 3 is 2.48 bits per heavy atom. The number of oxazole rings is 1. The van der Waals surface area contributed by atoms with Gasteiger partial charge in [0, 0.05) is 44.2 Å². The van der Waals surface area contributed by atoms with E-state index in [1.165, 1.54) is 12.0 Å². The number of piperidine rings is 2. The minimum Gasteiger partial charge on any atom is -0.441 e. The van der Waals surface area contributed by atoms with Crippen LogP contribution in [0.2, 0.25) is 0 Å². The second kappa shape index (κ2) is 10.8. The van der Waals surface area contributed by atoms with Crippen LogP contribution < -0.4 is 5.32 Å². The summed E-state index contributed by atoms with van der Waals surface area (Å²) >= 11 is 0. The van der Waals surface area contributed by atoms with Crippen molar-refractivity contribution in [1.29, 1.82) is 0 Å². The van der Waals surface area contributed by atoms with Crippen molar-refractivity contribution in [1.82, 2.24) is 20.1 Å². The summed E-state index contributed by atoms with van der Waals surface area (Å²) in [6.45, 7) is 15.4. The van der Waals surface area contributed by atoms with Gasteiger partial charge in [0.1, 0.15) is 5.76 Å². The van der Waals surface area contributed by atoms with E-state index in [1.54, 1.807) is 0 Å². The number of hydrogen-bond donors (Lipinski definition) is 1. The van der Waals surface area contributed by atoms with E-state index in [0.717, 1.165) is 87.5 Å². The van der Waals surface area contributed by atoms with Crippen LogP contribution in [0.15, 0.2) is 28.7 Å². The molecule has 0 bridgehead atoms. The maximum absolute atomic E-state index is 12.7. The van der Waals surface area contributed by atoms with E-state index in [4.69, 9.17) is 9.40 Å². The SMILES string of the molecule is Cc1ccccc1-c1nc(CN2CCC(C(=O)NCCN3C[C@H](C)C[C@H](C)C3)CC2)c(C)o1. The molecule has 0 aliphatic carbocycles. The van der Waals surface area contributed by atoms with Crippen LogP contribution in [-0.2, 0) is 11.3 Å². The highest BCUT2D eigenvalue weighted by atomic mass is 16.4. The molecule has 2 aliphatic heterocycles. The van der Waals surface area contributed by atoms with Gasteiger partial charge < -0.3 is 14.6 Å². The summed E-state index contributed by atoms with van der Waals surface area (Å²) < 4.78 is 5.98. The number of rotatable bonds is 7. The van der Waals surface area contributed by atoms with Gasteiger partial charge in [-0.3, -0.25) is 9.69 Å². The molecule has 2 aromatic rings. The average Bonchev–Trinajstić information content (AvgIpc) is 3.13. The summed E-state index contributed by atoms with van der Waals surface area (Å²) in [5, 5.41) is 3.20. The molecule has 6 heteroatoms. The third kappa shape index (κ3) is 6.24. The zero-order valence-electron chi connectivity index (χ0n) is 20.8. The lowest BCUT2D eigenvalue weighted by Crippen LogP contribution is -2.45. The number of hydrogen-bond acceptors (Lipinski definition) is 5. The lowest BCUT2D eigenvalue weighted by Gasteiger charge is -2.35. The molecule has 0 radical (unpaired) electrons. The maximum Gasteiger partial charge on any atom is 0.226 e. The molecule has 2 fully saturated rings. The van der Waals surface area contributed by atoms with Crippen molar-refractivity contribution in [2.45, 2.75) is 53.5 Å². The molecule has 6 nitrogen and oxygen atoms in total. The second-order valence-corrected chi connectivity index (χ2v) is 10.4. The summed E-state index contributed by atoms with van der Waals surface area (Å²) in [4.78, 5) is 22.4. The van der Waals surface area contributed by atoms with Gasteiger partial charge in [-0.1, -0.05) is 32.0 Å². The Hall–Kier alpha value is -2.18. The number of carbonyl (C=O) groups excluding carboxylic acids is 1. The molecule has 4 rings (SSSR count). The summed E-state index contributed by atoms with van der Waals surface area (Å²) in [6.07, 6.45) is 3.14. The molecule has 180 valence electrons. The van der Waals surface area contributed by atoms with Crippen molar-refractivity contribution in [3.05, 3.63) is 41.3 Å². The molecular formula is C27H40N4O2. The van der Waals surface area contributed by atoms with Crippen molar-refractivity contribution in [2.75, 3.05) is 39.3 Å². The van der Waals surface area contributed by atoms with E-state index < -0.39 is 0 Å². The van der Waals surface area contributed by atoms with Crippen LogP contribution in [0, 0.1) is 31.6 Å². The minimum atomic E-state index is 0.126. The van der Waals surface area contributed by atoms with Crippen molar-refractivity contribution in [2.24, 2.45) is 17.8 Å². The molecular weight excluding hydrogens is 412 g/mol. The number of aromatic nitrogens is 1. The van der Waals surface area contributed by atoms with E-state index in [1.807, 2.05) is 19.1 Å². The van der Waals surface area contributed by atoms with Gasteiger partial charge in [-0.15, -0.1) is 0 Å². The van der Waals surface area contributed by atoms with Crippen molar-refractivity contribution < 1.29 is 9.21 Å². The highest BCUT2D eigenvalue weighted by Gasteiger charge is 2.27. The predicted octanol–water partition coefficient (Wildman–Crippen LogP) is 4.26. The molecule has 1 aromatic carbocycles. The zero-order chi connectivity index (χ0) is 23.4. The number of aryl methyl sites for hydroxylation is 2. The van der Waals surface area contributed by atoms with Crippen LogP contribution in [-0.4, -0.2) is 60.0 Å². The van der Waals surface area contributed by atoms with Crippen LogP contribution in [0.5, 0.6) is 0 Å². The number of amides is 1. The molecule has 2 aliphatic rings. The lowest BCUT2D eigenvalue weighted by molar-refractivity contribution is -0.126. The van der Waals surface area contributed by atoms with Gasteiger partial charge >= 0.3 is 0 Å². The van der Waals surface area contributed by atoms with Gasteiger partial charge in [0.2, 0.25) is 11.8 Å². The first-order chi connectivity index (χ1) is 15.9. The van der Waals surface area contributed by atoms with Crippen molar-refractivity contribution in [3.63, 3.8) is 0 Å². The number of likely N-dealkylation sites (tertiary alicyclic amines) is 2. The van der Waals surface area contributed by atoms with Crippen LogP contribution in [0.1, 0.15) is 50.1 Å². The molecule has 3 heterocycles. The minimum absolute atomic E-state index is 0.126. The number of nitrogens with one attached hydrogen (secondary N) is 1. The topological polar surface area (TPSA) is 61.6 Å². The number of carbonyl (C=O) groups is 1. The van der Waals surface area contributed by atoms with Gasteiger partial charge in [-0.05, 0) is 69.7 Å². The maximum atomic E-state index is 12.7. The fourth-order valence-corrected chi connectivity index (χ4v) is 5.52. The highest BCUT2D eigenvalue weighted by Crippen LogP contribution is 2.26. The molecule has 1 N–H and O–H groups in total. The predicted molar refractivity (Wildman–Crippen MR) is 132 cm³/mol. The first-order valence-corrected chi connectivity index (χ1v) is 12.6. The van der Waals surface area contributed by atoms with Crippen LogP contribution in [0.4, 0.5) is 0 Å². The normalized spacial score (nSPS) is 23.0. The Labute approximate surface area is 198 Å². The summed E-state index contributed by atoms with van der Waals surface area (Å²) in [7, 11) is 0. The van der Waals surface area contributed by atoms with E-state index in [9.17, 15) is 4.79 Å². The molecule has 2 atom stereocenters. The van der Waals surface area contributed by atoms with E-state index in [2.05, 4.69) is 48.0 Å². The second-order valence-electron chi connectivity index (χ2n) is 10.4. The summed E-state index contributed by atoms with van der Waals surface area (Å²) in [5.74, 6) is 3.46. The summed E-state index contributed by atoms with van der Waals surface area (Å²) in [5.41, 5.74) is 3.22. The van der Waals surface area contributed by atoms with Gasteiger partial charge in [-0.2, -0.15) is 0 Å². The van der Waals surface area contributed by atoms with Gasteiger partial charge in [0.15, 0.2) is 0 Å². The Morgan fingerprint density at radius 1 is 1.09 bits per heavy atom. The van der Waals surface area contributed by atoms with Gasteiger partial charge in [0.05, 0.1) is 5.69 Å². The fraction of sp³-hybridized carbons (Fsp3) is 0.630.